The second kappa shape index (κ2) is 10.1. The van der Waals surface area contributed by atoms with Crippen LogP contribution in [0.3, 0.4) is 0 Å². The summed E-state index contributed by atoms with van der Waals surface area (Å²) >= 11 is 0. The van der Waals surface area contributed by atoms with E-state index in [1.165, 1.54) is 0 Å². The Kier molecular flexibility index (Phi) is 6.65. The first-order valence-corrected chi connectivity index (χ1v) is 13.7. The lowest BCUT2D eigenvalue weighted by Gasteiger charge is -2.37. The van der Waals surface area contributed by atoms with Crippen LogP contribution in [0.15, 0.2) is 36.9 Å². The topological polar surface area (TPSA) is 75.1 Å². The molecule has 200 valence electrons. The van der Waals surface area contributed by atoms with Crippen LogP contribution in [0.1, 0.15) is 45.2 Å². The summed E-state index contributed by atoms with van der Waals surface area (Å²) in [7, 11) is 0. The van der Waals surface area contributed by atoms with Gasteiger partial charge in [-0.3, -0.25) is 4.68 Å². The van der Waals surface area contributed by atoms with E-state index in [1.807, 2.05) is 39.2 Å². The van der Waals surface area contributed by atoms with Gasteiger partial charge in [0.1, 0.15) is 11.3 Å². The van der Waals surface area contributed by atoms with E-state index in [0.717, 1.165) is 60.2 Å². The molecule has 0 radical (unpaired) electrons. The molecule has 5 heterocycles. The van der Waals surface area contributed by atoms with E-state index >= 15 is 4.39 Å². The minimum atomic E-state index is -0.243. The highest BCUT2D eigenvalue weighted by molar-refractivity contribution is 5.91. The van der Waals surface area contributed by atoms with Crippen molar-refractivity contribution in [3.05, 3.63) is 48.3 Å². The molecular formula is C29H36FN7O. The number of aromatic amines is 1. The molecule has 0 aliphatic carbocycles. The van der Waals surface area contributed by atoms with Crippen molar-refractivity contribution in [2.24, 2.45) is 0 Å². The summed E-state index contributed by atoms with van der Waals surface area (Å²) in [6, 6.07) is 4.00. The molecule has 2 saturated heterocycles. The Hall–Kier alpha value is -3.30. The number of aromatic nitrogens is 5. The smallest absolute Gasteiger partial charge is 0.156 e. The highest BCUT2D eigenvalue weighted by atomic mass is 19.1. The standard InChI is InChI=1S/C29H36FN7O/c1-5-35-8-6-23(7-9-35)37-17-22(12-33-37)24-13-31-29-27(24)34-26(14-32-29)21-10-18(2)28(25(30)11-21)36-15-19(3)38-20(4)16-36/h10-14,17,19-20,23H,5-9,15-16H2,1-4H3,(H,31,32). The number of ether oxygens (including phenoxy) is 1. The molecule has 1 aromatic carbocycles. The zero-order valence-corrected chi connectivity index (χ0v) is 22.6. The Bertz CT molecular complexity index is 1400. The van der Waals surface area contributed by atoms with Crippen LogP contribution in [-0.2, 0) is 4.74 Å². The molecule has 3 aromatic heterocycles. The number of anilines is 1. The molecule has 2 unspecified atom stereocenters. The van der Waals surface area contributed by atoms with Gasteiger partial charge in [0.25, 0.3) is 0 Å². The number of morpholine rings is 1. The lowest BCUT2D eigenvalue weighted by atomic mass is 10.0. The number of hydrogen-bond acceptors (Lipinski definition) is 6. The minimum absolute atomic E-state index is 0.0611. The number of aryl methyl sites for hydroxylation is 1. The maximum atomic E-state index is 15.5. The Labute approximate surface area is 222 Å². The molecule has 2 aliphatic heterocycles. The van der Waals surface area contributed by atoms with Gasteiger partial charge in [0.15, 0.2) is 5.65 Å². The van der Waals surface area contributed by atoms with Gasteiger partial charge in [0.05, 0.1) is 42.0 Å². The SMILES string of the molecule is CCN1CCC(n2cc(-c3c[nH]c4ncc(-c5cc(C)c(N6CC(C)OC(C)C6)c(F)c5)nc34)cn2)CC1. The van der Waals surface area contributed by atoms with Crippen LogP contribution in [0.2, 0.25) is 0 Å². The highest BCUT2D eigenvalue weighted by Gasteiger charge is 2.26. The van der Waals surface area contributed by atoms with Crippen molar-refractivity contribution in [1.82, 2.24) is 29.6 Å². The number of rotatable bonds is 5. The third-order valence-corrected chi connectivity index (χ3v) is 7.96. The van der Waals surface area contributed by atoms with Crippen molar-refractivity contribution in [2.75, 3.05) is 37.6 Å². The van der Waals surface area contributed by atoms with Crippen molar-refractivity contribution < 1.29 is 9.13 Å². The number of piperidine rings is 1. The van der Waals surface area contributed by atoms with E-state index in [4.69, 9.17) is 14.8 Å². The monoisotopic (exact) mass is 517 g/mol. The zero-order chi connectivity index (χ0) is 26.4. The van der Waals surface area contributed by atoms with Crippen molar-refractivity contribution in [1.29, 1.82) is 0 Å². The third-order valence-electron chi connectivity index (χ3n) is 7.96. The summed E-state index contributed by atoms with van der Waals surface area (Å²) in [5.74, 6) is -0.243. The van der Waals surface area contributed by atoms with Crippen LogP contribution >= 0.6 is 0 Å². The van der Waals surface area contributed by atoms with Gasteiger partial charge < -0.3 is 19.5 Å². The van der Waals surface area contributed by atoms with Gasteiger partial charge in [-0.05, 0) is 57.9 Å². The molecule has 2 aliphatic rings. The van der Waals surface area contributed by atoms with Gasteiger partial charge in [-0.25, -0.2) is 14.4 Å². The zero-order valence-electron chi connectivity index (χ0n) is 22.6. The first-order chi connectivity index (χ1) is 18.4. The van der Waals surface area contributed by atoms with Crippen molar-refractivity contribution >= 4 is 16.9 Å². The van der Waals surface area contributed by atoms with Gasteiger partial charge in [-0.15, -0.1) is 0 Å². The van der Waals surface area contributed by atoms with Gasteiger partial charge in [-0.1, -0.05) is 6.92 Å². The normalized spacial score (nSPS) is 21.4. The number of fused-ring (bicyclic) bond motifs is 1. The number of H-pyrrole nitrogens is 1. The third kappa shape index (κ3) is 4.69. The summed E-state index contributed by atoms with van der Waals surface area (Å²) in [6.45, 7) is 12.9. The highest BCUT2D eigenvalue weighted by Crippen LogP contribution is 2.34. The van der Waals surface area contributed by atoms with E-state index in [-0.39, 0.29) is 18.0 Å². The molecule has 6 rings (SSSR count). The van der Waals surface area contributed by atoms with Crippen LogP contribution in [0.25, 0.3) is 33.5 Å². The minimum Gasteiger partial charge on any atom is -0.372 e. The first-order valence-electron chi connectivity index (χ1n) is 13.7. The van der Waals surface area contributed by atoms with Crippen molar-refractivity contribution in [3.8, 4) is 22.4 Å². The maximum Gasteiger partial charge on any atom is 0.156 e. The number of hydrogen-bond donors (Lipinski definition) is 1. The van der Waals surface area contributed by atoms with Crippen LogP contribution in [0.5, 0.6) is 0 Å². The second-order valence-electron chi connectivity index (χ2n) is 10.8. The molecule has 2 atom stereocenters. The fourth-order valence-corrected chi connectivity index (χ4v) is 6.07. The molecular weight excluding hydrogens is 481 g/mol. The van der Waals surface area contributed by atoms with Crippen LogP contribution in [0, 0.1) is 12.7 Å². The number of nitrogens with zero attached hydrogens (tertiary/aromatic N) is 6. The Morgan fingerprint density at radius 3 is 2.55 bits per heavy atom. The summed E-state index contributed by atoms with van der Waals surface area (Å²) < 4.78 is 23.5. The molecule has 4 aromatic rings. The Morgan fingerprint density at radius 1 is 1.08 bits per heavy atom. The molecule has 0 bridgehead atoms. The molecule has 0 amide bonds. The van der Waals surface area contributed by atoms with Gasteiger partial charge in [0.2, 0.25) is 0 Å². The Morgan fingerprint density at radius 2 is 1.84 bits per heavy atom. The summed E-state index contributed by atoms with van der Waals surface area (Å²) in [5.41, 5.74) is 6.33. The van der Waals surface area contributed by atoms with Gasteiger partial charge in [-0.2, -0.15) is 5.10 Å². The quantitative estimate of drug-likeness (QED) is 0.392. The van der Waals surface area contributed by atoms with Crippen LogP contribution in [0.4, 0.5) is 10.1 Å². The van der Waals surface area contributed by atoms with Crippen molar-refractivity contribution in [3.63, 3.8) is 0 Å². The lowest BCUT2D eigenvalue weighted by Crippen LogP contribution is -2.46. The van der Waals surface area contributed by atoms with Gasteiger partial charge >= 0.3 is 0 Å². The van der Waals surface area contributed by atoms with Crippen LogP contribution < -0.4 is 4.90 Å². The fourth-order valence-electron chi connectivity index (χ4n) is 6.07. The number of likely N-dealkylation sites (tertiary alicyclic amines) is 1. The van der Waals surface area contributed by atoms with E-state index in [0.29, 0.717) is 36.2 Å². The molecule has 9 heteroatoms. The number of halogens is 1. The molecule has 0 saturated carbocycles. The molecule has 38 heavy (non-hydrogen) atoms. The van der Waals surface area contributed by atoms with Crippen LogP contribution in [-0.4, -0.2) is 74.6 Å². The average Bonchev–Trinajstić information content (AvgIpc) is 3.55. The number of nitrogens with one attached hydrogen (secondary N) is 1. The molecule has 2 fully saturated rings. The molecule has 8 nitrogen and oxygen atoms in total. The Balaban J connectivity index is 1.29. The first kappa shape index (κ1) is 25.0. The van der Waals surface area contributed by atoms with E-state index in [9.17, 15) is 0 Å². The fraction of sp³-hybridized carbons (Fsp3) is 0.483. The molecule has 1 N–H and O–H groups in total. The van der Waals surface area contributed by atoms with E-state index in [2.05, 4.69) is 37.6 Å². The largest absolute Gasteiger partial charge is 0.372 e. The summed E-state index contributed by atoms with van der Waals surface area (Å²) in [5, 5.41) is 4.69. The lowest BCUT2D eigenvalue weighted by molar-refractivity contribution is -0.00542. The molecule has 0 spiro atoms. The second-order valence-corrected chi connectivity index (χ2v) is 10.8. The number of benzene rings is 1. The summed E-state index contributed by atoms with van der Waals surface area (Å²) in [6.07, 6.45) is 10.0. The average molecular weight is 518 g/mol. The predicted octanol–water partition coefficient (Wildman–Crippen LogP) is 5.21. The van der Waals surface area contributed by atoms with E-state index in [1.54, 1.807) is 12.3 Å². The maximum absolute atomic E-state index is 15.5. The predicted molar refractivity (Wildman–Crippen MR) is 148 cm³/mol. The van der Waals surface area contributed by atoms with Gasteiger partial charge in [0, 0.05) is 55.3 Å². The van der Waals surface area contributed by atoms with E-state index < -0.39 is 0 Å². The van der Waals surface area contributed by atoms with Crippen molar-refractivity contribution in [2.45, 2.75) is 58.8 Å². The summed E-state index contributed by atoms with van der Waals surface area (Å²) in [4.78, 5) is 17.4.